The van der Waals surface area contributed by atoms with E-state index < -0.39 is 0 Å². The average Bonchev–Trinajstić information content (AvgIpc) is 2.76. The number of anilines is 1. The van der Waals surface area contributed by atoms with Crippen molar-refractivity contribution < 1.29 is 9.90 Å². The Bertz CT molecular complexity index is 389. The second kappa shape index (κ2) is 5.29. The zero-order chi connectivity index (χ0) is 12.3. The van der Waals surface area contributed by atoms with E-state index in [1.807, 2.05) is 31.2 Å². The van der Waals surface area contributed by atoms with Crippen LogP contribution in [0.25, 0.3) is 0 Å². The zero-order valence-corrected chi connectivity index (χ0v) is 9.94. The first kappa shape index (κ1) is 12.1. The molecule has 2 atom stereocenters. The van der Waals surface area contributed by atoms with Gasteiger partial charge in [-0.1, -0.05) is 12.1 Å². The Hall–Kier alpha value is -1.39. The van der Waals surface area contributed by atoms with E-state index >= 15 is 0 Å². The minimum absolute atomic E-state index is 0.0256. The van der Waals surface area contributed by atoms with E-state index in [1.54, 1.807) is 0 Å². The molecule has 2 rings (SSSR count). The van der Waals surface area contributed by atoms with Gasteiger partial charge in [-0.2, -0.15) is 0 Å². The van der Waals surface area contributed by atoms with Gasteiger partial charge in [0.05, 0.1) is 12.5 Å². The van der Waals surface area contributed by atoms with Gasteiger partial charge in [0.1, 0.15) is 0 Å². The number of carbonyl (C=O) groups excluding carboxylic acids is 1. The molecule has 0 bridgehead atoms. The van der Waals surface area contributed by atoms with Crippen molar-refractivity contribution in [3.05, 3.63) is 29.8 Å². The van der Waals surface area contributed by atoms with Crippen molar-refractivity contribution in [2.24, 2.45) is 5.92 Å². The monoisotopic (exact) mass is 234 g/mol. The van der Waals surface area contributed by atoms with E-state index in [-0.39, 0.29) is 24.5 Å². The van der Waals surface area contributed by atoms with Crippen LogP contribution in [0.1, 0.15) is 18.9 Å². The summed E-state index contributed by atoms with van der Waals surface area (Å²) in [5.41, 5.74) is 1.63. The predicted octanol–water partition coefficient (Wildman–Crippen LogP) is 1.12. The van der Waals surface area contributed by atoms with Crippen LogP contribution in [0.2, 0.25) is 0 Å². The molecular weight excluding hydrogens is 216 g/mol. The lowest BCUT2D eigenvalue weighted by Crippen LogP contribution is -2.32. The molecule has 0 spiro atoms. The molecule has 0 aliphatic carbocycles. The molecule has 2 unspecified atom stereocenters. The third-order valence-corrected chi connectivity index (χ3v) is 3.27. The largest absolute Gasteiger partial charge is 0.392 e. The third kappa shape index (κ3) is 2.84. The summed E-state index contributed by atoms with van der Waals surface area (Å²) in [6.45, 7) is 2.96. The van der Waals surface area contributed by atoms with Gasteiger partial charge >= 0.3 is 0 Å². The first-order valence-electron chi connectivity index (χ1n) is 5.95. The molecule has 3 N–H and O–H groups in total. The van der Waals surface area contributed by atoms with Gasteiger partial charge in [0.2, 0.25) is 5.91 Å². The van der Waals surface area contributed by atoms with Gasteiger partial charge in [0.15, 0.2) is 0 Å². The molecule has 0 saturated carbocycles. The number of nitrogens with one attached hydrogen (secondary N) is 2. The molecule has 4 nitrogen and oxygen atoms in total. The summed E-state index contributed by atoms with van der Waals surface area (Å²) < 4.78 is 0. The number of benzene rings is 1. The number of hydrogen-bond donors (Lipinski definition) is 3. The van der Waals surface area contributed by atoms with Crippen LogP contribution in [0.3, 0.4) is 0 Å². The molecule has 0 aromatic heterocycles. The molecule has 1 aliphatic rings. The third-order valence-electron chi connectivity index (χ3n) is 3.27. The molecule has 1 heterocycles. The smallest absolute Gasteiger partial charge is 0.229 e. The number of aliphatic hydroxyl groups excluding tert-OH is 1. The van der Waals surface area contributed by atoms with Crippen LogP contribution in [0, 0.1) is 5.92 Å². The number of aliphatic hydroxyl groups is 1. The SMILES string of the molecule is CC1NCCC1C(=O)Nc1ccc(CO)cc1. The summed E-state index contributed by atoms with van der Waals surface area (Å²) in [4.78, 5) is 12.0. The summed E-state index contributed by atoms with van der Waals surface area (Å²) in [5.74, 6) is 0.117. The van der Waals surface area contributed by atoms with Crippen molar-refractivity contribution in [3.63, 3.8) is 0 Å². The molecule has 4 heteroatoms. The summed E-state index contributed by atoms with van der Waals surface area (Å²) in [5, 5.41) is 15.1. The van der Waals surface area contributed by atoms with Crippen LogP contribution < -0.4 is 10.6 Å². The molecular formula is C13H18N2O2. The van der Waals surface area contributed by atoms with Gasteiger partial charge in [0.25, 0.3) is 0 Å². The highest BCUT2D eigenvalue weighted by Crippen LogP contribution is 2.18. The normalized spacial score (nSPS) is 23.6. The van der Waals surface area contributed by atoms with E-state index in [0.717, 1.165) is 24.2 Å². The Morgan fingerprint density at radius 2 is 2.18 bits per heavy atom. The number of carbonyl (C=O) groups is 1. The second-order valence-electron chi connectivity index (χ2n) is 4.48. The molecule has 1 fully saturated rings. The summed E-state index contributed by atoms with van der Waals surface area (Å²) in [7, 11) is 0. The highest BCUT2D eigenvalue weighted by Gasteiger charge is 2.29. The first-order valence-corrected chi connectivity index (χ1v) is 5.95. The van der Waals surface area contributed by atoms with Gasteiger partial charge in [0, 0.05) is 11.7 Å². The highest BCUT2D eigenvalue weighted by molar-refractivity contribution is 5.93. The second-order valence-corrected chi connectivity index (χ2v) is 4.48. The minimum Gasteiger partial charge on any atom is -0.392 e. The van der Waals surface area contributed by atoms with Gasteiger partial charge in [-0.25, -0.2) is 0 Å². The van der Waals surface area contributed by atoms with Gasteiger partial charge in [-0.3, -0.25) is 4.79 Å². The summed E-state index contributed by atoms with van der Waals surface area (Å²) in [6.07, 6.45) is 0.891. The Kier molecular flexibility index (Phi) is 3.76. The number of rotatable bonds is 3. The van der Waals surface area contributed by atoms with Crippen molar-refractivity contribution in [1.82, 2.24) is 5.32 Å². The number of amides is 1. The molecule has 1 aromatic rings. The Morgan fingerprint density at radius 3 is 2.71 bits per heavy atom. The lowest BCUT2D eigenvalue weighted by Gasteiger charge is -2.15. The van der Waals surface area contributed by atoms with Crippen LogP contribution >= 0.6 is 0 Å². The maximum absolute atomic E-state index is 12.0. The molecule has 0 radical (unpaired) electrons. The Morgan fingerprint density at radius 1 is 1.47 bits per heavy atom. The zero-order valence-electron chi connectivity index (χ0n) is 9.94. The molecule has 1 saturated heterocycles. The Balaban J connectivity index is 1.97. The maximum Gasteiger partial charge on any atom is 0.229 e. The van der Waals surface area contributed by atoms with Crippen LogP contribution in [-0.4, -0.2) is 23.6 Å². The highest BCUT2D eigenvalue weighted by atomic mass is 16.3. The fourth-order valence-electron chi connectivity index (χ4n) is 2.15. The van der Waals surface area contributed by atoms with Crippen LogP contribution in [0.4, 0.5) is 5.69 Å². The van der Waals surface area contributed by atoms with Crippen molar-refractivity contribution in [2.75, 3.05) is 11.9 Å². The summed E-state index contributed by atoms with van der Waals surface area (Å²) >= 11 is 0. The molecule has 92 valence electrons. The fraction of sp³-hybridized carbons (Fsp3) is 0.462. The summed E-state index contributed by atoms with van der Waals surface area (Å²) in [6, 6.07) is 7.50. The number of hydrogen-bond acceptors (Lipinski definition) is 3. The van der Waals surface area contributed by atoms with Crippen LogP contribution in [0.15, 0.2) is 24.3 Å². The van der Waals surface area contributed by atoms with E-state index in [2.05, 4.69) is 10.6 Å². The lowest BCUT2D eigenvalue weighted by molar-refractivity contribution is -0.119. The molecule has 1 amide bonds. The standard InChI is InChI=1S/C13H18N2O2/c1-9-12(6-7-14-9)13(17)15-11-4-2-10(8-16)3-5-11/h2-5,9,12,14,16H,6-8H2,1H3,(H,15,17). The quantitative estimate of drug-likeness (QED) is 0.734. The van der Waals surface area contributed by atoms with Crippen molar-refractivity contribution in [3.8, 4) is 0 Å². The minimum atomic E-state index is 0.0256. The van der Waals surface area contributed by atoms with E-state index in [0.29, 0.717) is 0 Å². The molecule has 1 aromatic carbocycles. The van der Waals surface area contributed by atoms with Crippen molar-refractivity contribution in [2.45, 2.75) is 26.0 Å². The molecule has 17 heavy (non-hydrogen) atoms. The topological polar surface area (TPSA) is 61.4 Å². The van der Waals surface area contributed by atoms with Gasteiger partial charge in [-0.15, -0.1) is 0 Å². The fourth-order valence-corrected chi connectivity index (χ4v) is 2.15. The van der Waals surface area contributed by atoms with E-state index in [4.69, 9.17) is 5.11 Å². The van der Waals surface area contributed by atoms with Gasteiger partial charge < -0.3 is 15.7 Å². The Labute approximate surface area is 101 Å². The molecule has 1 aliphatic heterocycles. The van der Waals surface area contributed by atoms with Crippen LogP contribution in [0.5, 0.6) is 0 Å². The first-order chi connectivity index (χ1) is 8.20. The maximum atomic E-state index is 12.0. The van der Waals surface area contributed by atoms with E-state index in [1.165, 1.54) is 0 Å². The predicted molar refractivity (Wildman–Crippen MR) is 66.6 cm³/mol. The van der Waals surface area contributed by atoms with Gasteiger partial charge in [-0.05, 0) is 37.6 Å². The van der Waals surface area contributed by atoms with E-state index in [9.17, 15) is 4.79 Å². The van der Waals surface area contributed by atoms with Crippen molar-refractivity contribution in [1.29, 1.82) is 0 Å². The van der Waals surface area contributed by atoms with Crippen LogP contribution in [-0.2, 0) is 11.4 Å². The average molecular weight is 234 g/mol. The van der Waals surface area contributed by atoms with Crippen molar-refractivity contribution >= 4 is 11.6 Å². The lowest BCUT2D eigenvalue weighted by atomic mass is 10.0.